The number of pyridine rings is 1. The fourth-order valence-corrected chi connectivity index (χ4v) is 3.34. The summed E-state index contributed by atoms with van der Waals surface area (Å²) in [5.74, 6) is -0.978. The van der Waals surface area contributed by atoms with Gasteiger partial charge in [0.15, 0.2) is 0 Å². The Morgan fingerprint density at radius 1 is 1.15 bits per heavy atom. The van der Waals surface area contributed by atoms with E-state index in [0.717, 1.165) is 0 Å². The molecule has 0 atom stereocenters. The molecular formula is C23H23Cl2F2N5O2. The second-order valence-corrected chi connectivity index (χ2v) is 9.47. The number of alkyl halides is 2. The maximum atomic E-state index is 13.5. The van der Waals surface area contributed by atoms with Crippen LogP contribution >= 0.6 is 23.2 Å². The summed E-state index contributed by atoms with van der Waals surface area (Å²) in [5.41, 5.74) is 0.590. The van der Waals surface area contributed by atoms with Crippen molar-refractivity contribution in [2.24, 2.45) is 5.41 Å². The fraction of sp³-hybridized carbons (Fsp3) is 0.304. The Morgan fingerprint density at radius 3 is 2.47 bits per heavy atom. The summed E-state index contributed by atoms with van der Waals surface area (Å²) in [6.07, 6.45) is -1.76. The van der Waals surface area contributed by atoms with E-state index in [0.29, 0.717) is 32.6 Å². The predicted octanol–water partition coefficient (Wildman–Crippen LogP) is 5.94. The molecule has 0 aliphatic heterocycles. The number of hydrogen-bond acceptors (Lipinski definition) is 4. The lowest BCUT2D eigenvalue weighted by Crippen LogP contribution is -2.34. The molecule has 0 aliphatic rings. The molecule has 0 saturated carbocycles. The number of rotatable bonds is 6. The number of aromatic nitrogens is 3. The van der Waals surface area contributed by atoms with Crippen molar-refractivity contribution in [3.63, 3.8) is 0 Å². The minimum atomic E-state index is -2.97. The summed E-state index contributed by atoms with van der Waals surface area (Å²) in [6.45, 7) is 7.02. The summed E-state index contributed by atoms with van der Waals surface area (Å²) in [7, 11) is 0. The van der Waals surface area contributed by atoms with E-state index in [4.69, 9.17) is 23.2 Å². The van der Waals surface area contributed by atoms with Gasteiger partial charge in [-0.05, 0) is 30.7 Å². The lowest BCUT2D eigenvalue weighted by Gasteiger charge is -2.18. The summed E-state index contributed by atoms with van der Waals surface area (Å²) in [6, 6.07) is 6.25. The monoisotopic (exact) mass is 509 g/mol. The molecule has 3 rings (SSSR count). The predicted molar refractivity (Wildman–Crippen MR) is 127 cm³/mol. The van der Waals surface area contributed by atoms with Gasteiger partial charge in [0.25, 0.3) is 12.3 Å². The lowest BCUT2D eigenvalue weighted by atomic mass is 9.95. The van der Waals surface area contributed by atoms with Crippen molar-refractivity contribution in [3.05, 3.63) is 63.0 Å². The van der Waals surface area contributed by atoms with Crippen molar-refractivity contribution >= 4 is 41.0 Å². The lowest BCUT2D eigenvalue weighted by molar-refractivity contribution is -0.128. The maximum absolute atomic E-state index is 13.5. The van der Waals surface area contributed by atoms with E-state index in [-0.39, 0.29) is 24.0 Å². The van der Waals surface area contributed by atoms with E-state index in [9.17, 15) is 18.4 Å². The first-order valence-electron chi connectivity index (χ1n) is 10.3. The summed E-state index contributed by atoms with van der Waals surface area (Å²) >= 11 is 12.0. The average molecular weight is 510 g/mol. The molecule has 0 saturated heterocycles. The molecule has 0 bridgehead atoms. The van der Waals surface area contributed by atoms with Gasteiger partial charge < -0.3 is 10.3 Å². The van der Waals surface area contributed by atoms with Crippen LogP contribution in [-0.4, -0.2) is 26.8 Å². The Balaban J connectivity index is 1.84. The molecule has 180 valence electrons. The Kier molecular flexibility index (Phi) is 7.57. The Hall–Kier alpha value is -3.04. The molecule has 34 heavy (non-hydrogen) atoms. The van der Waals surface area contributed by atoms with Gasteiger partial charge in [0.05, 0.1) is 21.3 Å². The van der Waals surface area contributed by atoms with Crippen molar-refractivity contribution in [3.8, 4) is 11.3 Å². The minimum absolute atomic E-state index is 0.0359. The van der Waals surface area contributed by atoms with Crippen LogP contribution in [0.1, 0.15) is 54.5 Å². The van der Waals surface area contributed by atoms with E-state index >= 15 is 0 Å². The van der Waals surface area contributed by atoms with Crippen molar-refractivity contribution in [2.45, 2.75) is 40.7 Å². The van der Waals surface area contributed by atoms with Gasteiger partial charge in [-0.2, -0.15) is 0 Å². The van der Waals surface area contributed by atoms with Crippen LogP contribution in [0.5, 0.6) is 0 Å². The van der Waals surface area contributed by atoms with Gasteiger partial charge in [0.1, 0.15) is 5.69 Å². The molecule has 3 N–H and O–H groups in total. The van der Waals surface area contributed by atoms with Gasteiger partial charge in [-0.25, -0.2) is 13.8 Å². The smallest absolute Gasteiger partial charge is 0.281 e. The molecular weight excluding hydrogens is 487 g/mol. The van der Waals surface area contributed by atoms with Crippen molar-refractivity contribution in [1.82, 2.24) is 20.3 Å². The molecule has 3 aromatic rings. The molecule has 0 radical (unpaired) electrons. The van der Waals surface area contributed by atoms with Gasteiger partial charge >= 0.3 is 0 Å². The zero-order valence-corrected chi connectivity index (χ0v) is 20.4. The fourth-order valence-electron chi connectivity index (χ4n) is 3.04. The second kappa shape index (κ2) is 10.1. The number of aryl methyl sites for hydroxylation is 1. The number of hydrogen-bond donors (Lipinski definition) is 3. The topological polar surface area (TPSA) is 99.8 Å². The molecule has 7 nitrogen and oxygen atoms in total. The Morgan fingerprint density at radius 2 is 1.85 bits per heavy atom. The molecule has 0 spiro atoms. The van der Waals surface area contributed by atoms with Gasteiger partial charge in [-0.15, -0.1) is 0 Å². The molecule has 2 heterocycles. The van der Waals surface area contributed by atoms with E-state index in [1.165, 1.54) is 12.3 Å². The minimum Gasteiger partial charge on any atom is -0.352 e. The van der Waals surface area contributed by atoms with E-state index in [1.807, 2.05) is 0 Å². The normalized spacial score (nSPS) is 11.6. The Labute approximate surface area is 205 Å². The highest BCUT2D eigenvalue weighted by Gasteiger charge is 2.24. The first kappa shape index (κ1) is 25.6. The Bertz CT molecular complexity index is 1240. The molecule has 11 heteroatoms. The van der Waals surface area contributed by atoms with Crippen LogP contribution < -0.4 is 10.6 Å². The molecule has 1 aromatic carbocycles. The van der Waals surface area contributed by atoms with Gasteiger partial charge in [-0.3, -0.25) is 19.9 Å². The number of nitrogens with zero attached hydrogens (tertiary/aromatic N) is 2. The van der Waals surface area contributed by atoms with E-state index in [2.05, 4.69) is 25.6 Å². The number of benzene rings is 1. The quantitative estimate of drug-likeness (QED) is 0.382. The summed E-state index contributed by atoms with van der Waals surface area (Å²) in [5, 5.41) is 5.94. The van der Waals surface area contributed by atoms with Gasteiger partial charge in [-0.1, -0.05) is 50.0 Å². The van der Waals surface area contributed by atoms with E-state index < -0.39 is 23.4 Å². The van der Waals surface area contributed by atoms with Crippen LogP contribution in [0.4, 0.5) is 14.7 Å². The SMILES string of the molecule is Cc1[nH]c(NC(=O)c2cc(CNC(=O)C(C)(C)C)cnc2C(F)F)nc1-c1ccc(Cl)c(Cl)c1. The number of halogens is 4. The largest absolute Gasteiger partial charge is 0.352 e. The number of carbonyl (C=O) groups is 2. The molecule has 2 amide bonds. The number of amides is 2. The third kappa shape index (κ3) is 5.90. The van der Waals surface area contributed by atoms with Gasteiger partial charge in [0, 0.05) is 29.4 Å². The summed E-state index contributed by atoms with van der Waals surface area (Å²) < 4.78 is 27.1. The highest BCUT2D eigenvalue weighted by atomic mass is 35.5. The standard InChI is InChI=1S/C23H23Cl2F2N5O2/c1-11-17(13-5-6-15(24)16(25)8-13)31-22(30-11)32-20(33)14-7-12(9-28-18(14)19(26)27)10-29-21(34)23(2,3)4/h5-9,19H,10H2,1-4H3,(H,29,34)(H2,30,31,32,33). The van der Waals surface area contributed by atoms with Crippen molar-refractivity contribution in [2.75, 3.05) is 5.32 Å². The number of anilines is 1. The highest BCUT2D eigenvalue weighted by molar-refractivity contribution is 6.42. The molecule has 0 aliphatic carbocycles. The zero-order valence-electron chi connectivity index (χ0n) is 18.9. The first-order chi connectivity index (χ1) is 15.9. The number of imidazole rings is 1. The third-order valence-electron chi connectivity index (χ3n) is 4.87. The number of H-pyrrole nitrogens is 1. The average Bonchev–Trinajstić information content (AvgIpc) is 3.12. The van der Waals surface area contributed by atoms with Crippen molar-refractivity contribution in [1.29, 1.82) is 0 Å². The molecule has 0 unspecified atom stereocenters. The van der Waals surface area contributed by atoms with Crippen LogP contribution in [0.15, 0.2) is 30.5 Å². The van der Waals surface area contributed by atoms with E-state index in [1.54, 1.807) is 45.9 Å². The summed E-state index contributed by atoms with van der Waals surface area (Å²) in [4.78, 5) is 36.0. The molecule has 0 fully saturated rings. The number of aromatic amines is 1. The zero-order chi connectivity index (χ0) is 25.2. The maximum Gasteiger partial charge on any atom is 0.281 e. The second-order valence-electron chi connectivity index (χ2n) is 8.65. The molecule has 2 aromatic heterocycles. The van der Waals surface area contributed by atoms with Crippen LogP contribution in [0.2, 0.25) is 10.0 Å². The van der Waals surface area contributed by atoms with Crippen LogP contribution in [0.3, 0.4) is 0 Å². The van der Waals surface area contributed by atoms with Crippen molar-refractivity contribution < 1.29 is 18.4 Å². The van der Waals surface area contributed by atoms with Gasteiger partial charge in [0.2, 0.25) is 11.9 Å². The first-order valence-corrected chi connectivity index (χ1v) is 11.0. The highest BCUT2D eigenvalue weighted by Crippen LogP contribution is 2.30. The van der Waals surface area contributed by atoms with Crippen LogP contribution in [0.25, 0.3) is 11.3 Å². The number of carbonyl (C=O) groups excluding carboxylic acids is 2. The third-order valence-corrected chi connectivity index (χ3v) is 5.61. The van der Waals surface area contributed by atoms with Crippen LogP contribution in [0, 0.1) is 12.3 Å². The number of nitrogens with one attached hydrogen (secondary N) is 3. The van der Waals surface area contributed by atoms with Crippen LogP contribution in [-0.2, 0) is 11.3 Å².